The number of ketones is 1. The highest BCUT2D eigenvalue weighted by molar-refractivity contribution is 7.15. The molecular weight excluding hydrogens is 381 g/mol. The Morgan fingerprint density at radius 3 is 2.96 bits per heavy atom. The summed E-state index contributed by atoms with van der Waals surface area (Å²) >= 11 is 1.42. The first kappa shape index (κ1) is 18.6. The molecule has 1 saturated heterocycles. The molecule has 6 nitrogen and oxygen atoms in total. The van der Waals surface area contributed by atoms with E-state index in [1.807, 2.05) is 13.1 Å². The molecule has 3 aromatic rings. The number of halogens is 1. The van der Waals surface area contributed by atoms with E-state index in [4.69, 9.17) is 4.74 Å². The Balaban J connectivity index is 1.57. The van der Waals surface area contributed by atoms with Gasteiger partial charge in [-0.3, -0.25) is 14.0 Å². The Morgan fingerprint density at radius 1 is 1.36 bits per heavy atom. The van der Waals surface area contributed by atoms with Gasteiger partial charge >= 0.3 is 0 Å². The average Bonchev–Trinajstić information content (AvgIpc) is 3.25. The van der Waals surface area contributed by atoms with Crippen LogP contribution in [0.15, 0.2) is 29.8 Å². The summed E-state index contributed by atoms with van der Waals surface area (Å²) in [6.45, 7) is 2.78. The van der Waals surface area contributed by atoms with E-state index in [1.165, 1.54) is 36.6 Å². The van der Waals surface area contributed by atoms with E-state index in [-0.39, 0.29) is 23.2 Å². The minimum Gasteiger partial charge on any atom is -0.496 e. The zero-order valence-corrected chi connectivity index (χ0v) is 16.5. The second-order valence-electron chi connectivity index (χ2n) is 6.95. The van der Waals surface area contributed by atoms with Gasteiger partial charge in [-0.05, 0) is 38.0 Å². The molecule has 0 aliphatic carbocycles. The Kier molecular flexibility index (Phi) is 4.89. The molecule has 1 aliphatic rings. The van der Waals surface area contributed by atoms with Crippen molar-refractivity contribution in [2.75, 3.05) is 20.2 Å². The lowest BCUT2D eigenvalue weighted by Gasteiger charge is -2.32. The third-order valence-corrected chi connectivity index (χ3v) is 5.89. The standard InChI is InChI=1S/C20H20FN3O3S/c1-12-9-24-16(11-28-20(24)22-12)19(26)23-7-3-4-13(10-23)18(25)15-8-14(21)5-6-17(15)27-2/h5-6,8-9,11,13H,3-4,7,10H2,1-2H3. The van der Waals surface area contributed by atoms with Crippen molar-refractivity contribution >= 4 is 28.0 Å². The number of benzene rings is 1. The van der Waals surface area contributed by atoms with E-state index in [0.29, 0.717) is 31.0 Å². The van der Waals surface area contributed by atoms with Crippen molar-refractivity contribution in [2.24, 2.45) is 5.92 Å². The molecule has 1 amide bonds. The summed E-state index contributed by atoms with van der Waals surface area (Å²) in [6, 6.07) is 3.93. The van der Waals surface area contributed by atoms with Crippen LogP contribution in [0, 0.1) is 18.7 Å². The zero-order chi connectivity index (χ0) is 19.8. The molecule has 0 saturated carbocycles. The van der Waals surface area contributed by atoms with Crippen molar-refractivity contribution in [3.05, 3.63) is 52.5 Å². The molecule has 2 aromatic heterocycles. The molecule has 1 aromatic carbocycles. The molecule has 28 heavy (non-hydrogen) atoms. The number of amides is 1. The Labute approximate surface area is 165 Å². The fourth-order valence-electron chi connectivity index (χ4n) is 3.68. The van der Waals surface area contributed by atoms with E-state index in [9.17, 15) is 14.0 Å². The van der Waals surface area contributed by atoms with Crippen molar-refractivity contribution in [3.8, 4) is 5.75 Å². The number of rotatable bonds is 4. The number of nitrogens with zero attached hydrogens (tertiary/aromatic N) is 3. The van der Waals surface area contributed by atoms with Crippen molar-refractivity contribution in [3.63, 3.8) is 0 Å². The average molecular weight is 401 g/mol. The molecule has 3 heterocycles. The molecule has 146 valence electrons. The number of carbonyl (C=O) groups excluding carboxylic acids is 2. The van der Waals surface area contributed by atoms with Gasteiger partial charge in [-0.15, -0.1) is 11.3 Å². The van der Waals surface area contributed by atoms with Crippen LogP contribution in [0.4, 0.5) is 4.39 Å². The fourth-order valence-corrected chi connectivity index (χ4v) is 4.57. The van der Waals surface area contributed by atoms with E-state index in [1.54, 1.807) is 14.7 Å². The lowest BCUT2D eigenvalue weighted by molar-refractivity contribution is 0.0630. The van der Waals surface area contributed by atoms with Crippen LogP contribution in [0.3, 0.4) is 0 Å². The summed E-state index contributed by atoms with van der Waals surface area (Å²) in [5.74, 6) is -0.825. The van der Waals surface area contributed by atoms with Crippen LogP contribution in [0.1, 0.15) is 39.4 Å². The highest BCUT2D eigenvalue weighted by atomic mass is 32.1. The van der Waals surface area contributed by atoms with Gasteiger partial charge in [0.1, 0.15) is 17.3 Å². The largest absolute Gasteiger partial charge is 0.496 e. The summed E-state index contributed by atoms with van der Waals surface area (Å²) in [7, 11) is 1.45. The topological polar surface area (TPSA) is 63.9 Å². The Hall–Kier alpha value is -2.74. The second kappa shape index (κ2) is 7.35. The molecular formula is C20H20FN3O3S. The molecule has 0 radical (unpaired) electrons. The van der Waals surface area contributed by atoms with Crippen LogP contribution in [0.5, 0.6) is 5.75 Å². The van der Waals surface area contributed by atoms with Crippen LogP contribution in [-0.4, -0.2) is 46.2 Å². The number of ether oxygens (including phenoxy) is 1. The van der Waals surface area contributed by atoms with Gasteiger partial charge in [0.2, 0.25) is 0 Å². The molecule has 0 N–H and O–H groups in total. The number of Topliss-reactive ketones (excluding diaryl/α,β-unsaturated/α-hetero) is 1. The van der Waals surface area contributed by atoms with E-state index in [0.717, 1.165) is 17.1 Å². The number of aromatic nitrogens is 2. The van der Waals surface area contributed by atoms with Gasteiger partial charge < -0.3 is 9.64 Å². The normalized spacial score (nSPS) is 17.1. The molecule has 1 unspecified atom stereocenters. The Bertz CT molecular complexity index is 1060. The van der Waals surface area contributed by atoms with Gasteiger partial charge in [0, 0.05) is 30.6 Å². The van der Waals surface area contributed by atoms with E-state index >= 15 is 0 Å². The summed E-state index contributed by atoms with van der Waals surface area (Å²) in [5, 5.41) is 1.80. The first-order valence-corrected chi connectivity index (χ1v) is 9.96. The summed E-state index contributed by atoms with van der Waals surface area (Å²) in [4.78, 5) is 32.9. The number of carbonyl (C=O) groups is 2. The lowest BCUT2D eigenvalue weighted by atomic mass is 9.89. The van der Waals surface area contributed by atoms with Crippen molar-refractivity contribution < 1.29 is 18.7 Å². The first-order valence-electron chi connectivity index (χ1n) is 9.08. The van der Waals surface area contributed by atoms with Gasteiger partial charge in [-0.1, -0.05) is 0 Å². The van der Waals surface area contributed by atoms with E-state index < -0.39 is 5.82 Å². The van der Waals surface area contributed by atoms with Crippen LogP contribution < -0.4 is 4.74 Å². The monoisotopic (exact) mass is 401 g/mol. The molecule has 8 heteroatoms. The lowest BCUT2D eigenvalue weighted by Crippen LogP contribution is -2.42. The highest BCUT2D eigenvalue weighted by Gasteiger charge is 2.32. The Morgan fingerprint density at radius 2 is 2.18 bits per heavy atom. The molecule has 0 bridgehead atoms. The first-order chi connectivity index (χ1) is 13.5. The fraction of sp³-hybridized carbons (Fsp3) is 0.350. The second-order valence-corrected chi connectivity index (χ2v) is 7.79. The maximum atomic E-state index is 13.7. The van der Waals surface area contributed by atoms with Gasteiger partial charge in [0.15, 0.2) is 10.7 Å². The number of fused-ring (bicyclic) bond motifs is 1. The quantitative estimate of drug-likeness (QED) is 0.627. The summed E-state index contributed by atoms with van der Waals surface area (Å²) < 4.78 is 20.7. The maximum Gasteiger partial charge on any atom is 0.271 e. The molecule has 1 fully saturated rings. The SMILES string of the molecule is COc1ccc(F)cc1C(=O)C1CCCN(C(=O)c2csc3nc(C)cn23)C1. The number of thiazole rings is 1. The number of hydrogen-bond acceptors (Lipinski definition) is 5. The van der Waals surface area contributed by atoms with Gasteiger partial charge in [-0.25, -0.2) is 9.37 Å². The molecule has 1 atom stereocenters. The maximum absolute atomic E-state index is 13.7. The van der Waals surface area contributed by atoms with Gasteiger partial charge in [-0.2, -0.15) is 0 Å². The number of hydrogen-bond donors (Lipinski definition) is 0. The molecule has 0 spiro atoms. The third-order valence-electron chi connectivity index (χ3n) is 5.06. The van der Waals surface area contributed by atoms with Crippen LogP contribution >= 0.6 is 11.3 Å². The predicted octanol–water partition coefficient (Wildman–Crippen LogP) is 3.59. The number of likely N-dealkylation sites (tertiary alicyclic amines) is 1. The number of methoxy groups -OCH3 is 1. The minimum absolute atomic E-state index is 0.118. The number of piperidine rings is 1. The van der Waals surface area contributed by atoms with Crippen LogP contribution in [0.2, 0.25) is 0 Å². The summed E-state index contributed by atoms with van der Waals surface area (Å²) in [5.41, 5.74) is 1.63. The third kappa shape index (κ3) is 3.28. The highest BCUT2D eigenvalue weighted by Crippen LogP contribution is 2.28. The minimum atomic E-state index is -0.482. The van der Waals surface area contributed by atoms with Crippen LogP contribution in [-0.2, 0) is 0 Å². The zero-order valence-electron chi connectivity index (χ0n) is 15.6. The number of aryl methyl sites for hydroxylation is 1. The van der Waals surface area contributed by atoms with Gasteiger partial charge in [0.25, 0.3) is 5.91 Å². The number of imidazole rings is 1. The van der Waals surface area contributed by atoms with Crippen molar-refractivity contribution in [2.45, 2.75) is 19.8 Å². The van der Waals surface area contributed by atoms with Crippen molar-refractivity contribution in [1.29, 1.82) is 0 Å². The van der Waals surface area contributed by atoms with Gasteiger partial charge in [0.05, 0.1) is 18.4 Å². The van der Waals surface area contributed by atoms with E-state index in [2.05, 4.69) is 4.98 Å². The summed E-state index contributed by atoms with van der Waals surface area (Å²) in [6.07, 6.45) is 3.21. The van der Waals surface area contributed by atoms with Crippen molar-refractivity contribution in [1.82, 2.24) is 14.3 Å². The molecule has 1 aliphatic heterocycles. The molecule has 4 rings (SSSR count). The smallest absolute Gasteiger partial charge is 0.271 e. The van der Waals surface area contributed by atoms with Crippen LogP contribution in [0.25, 0.3) is 4.96 Å². The predicted molar refractivity (Wildman–Crippen MR) is 104 cm³/mol.